The summed E-state index contributed by atoms with van der Waals surface area (Å²) in [6, 6.07) is 3.68. The minimum atomic E-state index is -0.0764. The van der Waals surface area contributed by atoms with Gasteiger partial charge in [-0.05, 0) is 48.5 Å². The van der Waals surface area contributed by atoms with E-state index in [0.29, 0.717) is 5.56 Å². The Morgan fingerprint density at radius 3 is 2.70 bits per heavy atom. The number of hydrogen-bond donors (Lipinski definition) is 0. The van der Waals surface area contributed by atoms with Gasteiger partial charge in [-0.15, -0.1) is 0 Å². The number of aldehydes is 2. The van der Waals surface area contributed by atoms with Gasteiger partial charge in [0.1, 0.15) is 6.29 Å². The maximum absolute atomic E-state index is 11.5. The lowest BCUT2D eigenvalue weighted by Gasteiger charge is -2.15. The Labute approximate surface area is 135 Å². The van der Waals surface area contributed by atoms with E-state index in [2.05, 4.69) is 5.10 Å². The molecule has 5 heteroatoms. The van der Waals surface area contributed by atoms with Gasteiger partial charge >= 0.3 is 0 Å². The van der Waals surface area contributed by atoms with Crippen LogP contribution in [0.2, 0.25) is 0 Å². The predicted octanol–water partition coefficient (Wildman–Crippen LogP) is 2.76. The third kappa shape index (κ3) is 3.23. The summed E-state index contributed by atoms with van der Waals surface area (Å²) in [5.41, 5.74) is 4.09. The molecule has 2 heterocycles. The summed E-state index contributed by atoms with van der Waals surface area (Å²) >= 11 is 0. The molecule has 2 rings (SSSR count). The van der Waals surface area contributed by atoms with Gasteiger partial charge in [0.15, 0.2) is 6.29 Å². The van der Waals surface area contributed by atoms with E-state index in [4.69, 9.17) is 0 Å². The monoisotopic (exact) mass is 311 g/mol. The number of nitrogens with zero attached hydrogens (tertiary/aromatic N) is 3. The van der Waals surface area contributed by atoms with Crippen LogP contribution in [0.4, 0.5) is 0 Å². The number of allylic oxidation sites excluding steroid dienone is 3. The minimum Gasteiger partial charge on any atom is -0.383 e. The number of carbonyl (C=O) groups is 2. The van der Waals surface area contributed by atoms with E-state index in [-0.39, 0.29) is 5.92 Å². The van der Waals surface area contributed by atoms with Gasteiger partial charge in [0.05, 0.1) is 11.2 Å². The predicted molar refractivity (Wildman–Crippen MR) is 90.7 cm³/mol. The number of fused-ring (bicyclic) bond motifs is 1. The second-order valence-electron chi connectivity index (χ2n) is 5.67. The Morgan fingerprint density at radius 2 is 2.09 bits per heavy atom. The van der Waals surface area contributed by atoms with Crippen molar-refractivity contribution < 1.29 is 9.59 Å². The Bertz CT molecular complexity index is 785. The summed E-state index contributed by atoms with van der Waals surface area (Å²) in [5, 5.41) is 4.38. The average molecular weight is 311 g/mol. The molecule has 2 aromatic rings. The highest BCUT2D eigenvalue weighted by Gasteiger charge is 2.21. The van der Waals surface area contributed by atoms with E-state index < -0.39 is 0 Å². The topological polar surface area (TPSA) is 54.7 Å². The van der Waals surface area contributed by atoms with Crippen LogP contribution in [0.5, 0.6) is 0 Å². The SMILES string of the molecule is Cc1c(C=O)c2cccnn2c1C(C)C(/C=C\N(C)C)=C/C=O. The Hall–Kier alpha value is -2.69. The highest BCUT2D eigenvalue weighted by atomic mass is 16.1. The minimum absolute atomic E-state index is 0.0764. The van der Waals surface area contributed by atoms with Crippen molar-refractivity contribution in [1.82, 2.24) is 14.5 Å². The quantitative estimate of drug-likeness (QED) is 0.468. The molecule has 0 aliphatic carbocycles. The second kappa shape index (κ2) is 7.05. The van der Waals surface area contributed by atoms with Gasteiger partial charge in [-0.25, -0.2) is 4.52 Å². The van der Waals surface area contributed by atoms with Crippen molar-refractivity contribution in [2.45, 2.75) is 19.8 Å². The third-order valence-electron chi connectivity index (χ3n) is 3.90. The normalized spacial score (nSPS) is 13.5. The molecule has 0 saturated heterocycles. The van der Waals surface area contributed by atoms with Crippen LogP contribution in [0, 0.1) is 6.92 Å². The molecule has 0 aliphatic rings. The van der Waals surface area contributed by atoms with Crippen molar-refractivity contribution in [1.29, 1.82) is 0 Å². The molecule has 1 atom stereocenters. The molecule has 0 aliphatic heterocycles. The van der Waals surface area contributed by atoms with Crippen LogP contribution >= 0.6 is 0 Å². The fourth-order valence-corrected chi connectivity index (χ4v) is 2.73. The molecule has 1 unspecified atom stereocenters. The lowest BCUT2D eigenvalue weighted by Crippen LogP contribution is -2.06. The summed E-state index contributed by atoms with van der Waals surface area (Å²) in [5.74, 6) is -0.0764. The molecule has 120 valence electrons. The third-order valence-corrected chi connectivity index (χ3v) is 3.90. The fraction of sp³-hybridized carbons (Fsp3) is 0.278. The molecule has 23 heavy (non-hydrogen) atoms. The zero-order valence-corrected chi connectivity index (χ0v) is 13.9. The molecule has 0 radical (unpaired) electrons. The van der Waals surface area contributed by atoms with Gasteiger partial charge in [0.2, 0.25) is 0 Å². The number of aromatic nitrogens is 2. The summed E-state index contributed by atoms with van der Waals surface area (Å²) in [4.78, 5) is 24.4. The zero-order valence-electron chi connectivity index (χ0n) is 13.9. The maximum atomic E-state index is 11.5. The van der Waals surface area contributed by atoms with Gasteiger partial charge in [-0.1, -0.05) is 6.92 Å². The van der Waals surface area contributed by atoms with Gasteiger partial charge in [0, 0.05) is 31.8 Å². The van der Waals surface area contributed by atoms with Crippen molar-refractivity contribution in [3.05, 3.63) is 59.1 Å². The molecule has 0 N–H and O–H groups in total. The fourth-order valence-electron chi connectivity index (χ4n) is 2.73. The maximum Gasteiger partial charge on any atom is 0.152 e. The van der Waals surface area contributed by atoms with Crippen molar-refractivity contribution in [2.75, 3.05) is 14.1 Å². The first-order valence-corrected chi connectivity index (χ1v) is 7.42. The van der Waals surface area contributed by atoms with Crippen molar-refractivity contribution in [3.8, 4) is 0 Å². The van der Waals surface area contributed by atoms with E-state index in [0.717, 1.165) is 34.9 Å². The smallest absolute Gasteiger partial charge is 0.152 e. The van der Waals surface area contributed by atoms with Crippen molar-refractivity contribution >= 4 is 18.1 Å². The lowest BCUT2D eigenvalue weighted by molar-refractivity contribution is -0.104. The van der Waals surface area contributed by atoms with E-state index in [1.54, 1.807) is 16.8 Å². The molecule has 0 aromatic carbocycles. The van der Waals surface area contributed by atoms with Crippen LogP contribution in [-0.4, -0.2) is 41.2 Å². The van der Waals surface area contributed by atoms with E-state index >= 15 is 0 Å². The first kappa shape index (κ1) is 16.7. The molecular weight excluding hydrogens is 290 g/mol. The molecule has 5 nitrogen and oxygen atoms in total. The summed E-state index contributed by atoms with van der Waals surface area (Å²) in [6.45, 7) is 3.92. The Balaban J connectivity index is 2.62. The number of carbonyl (C=O) groups excluding carboxylic acids is 2. The van der Waals surface area contributed by atoms with E-state index in [9.17, 15) is 9.59 Å². The standard InChI is InChI=1S/C18H21N3O2/c1-13(15(8-11-22)7-10-20(3)4)18-14(2)16(12-23)17-6-5-9-19-21(17)18/h5-13H,1-4H3/b10-7-,15-8+. The summed E-state index contributed by atoms with van der Waals surface area (Å²) in [6.07, 6.45) is 8.68. The molecule has 2 aromatic heterocycles. The van der Waals surface area contributed by atoms with E-state index in [1.807, 2.05) is 57.3 Å². The van der Waals surface area contributed by atoms with Crippen LogP contribution in [0.15, 0.2) is 42.3 Å². The van der Waals surface area contributed by atoms with Crippen LogP contribution in [0.1, 0.15) is 34.5 Å². The van der Waals surface area contributed by atoms with Gasteiger partial charge in [0.25, 0.3) is 0 Å². The Kier molecular flexibility index (Phi) is 5.11. The second-order valence-corrected chi connectivity index (χ2v) is 5.67. The van der Waals surface area contributed by atoms with Crippen LogP contribution < -0.4 is 0 Å². The average Bonchev–Trinajstić information content (AvgIpc) is 2.81. The molecule has 0 spiro atoms. The highest BCUT2D eigenvalue weighted by Crippen LogP contribution is 2.31. The van der Waals surface area contributed by atoms with Crippen molar-refractivity contribution in [3.63, 3.8) is 0 Å². The van der Waals surface area contributed by atoms with Gasteiger partial charge < -0.3 is 4.90 Å². The first-order chi connectivity index (χ1) is 11.0. The van der Waals surface area contributed by atoms with Gasteiger partial charge in [-0.3, -0.25) is 9.59 Å². The molecular formula is C18H21N3O2. The zero-order chi connectivity index (χ0) is 17.0. The molecule has 0 saturated carbocycles. The van der Waals surface area contributed by atoms with Crippen LogP contribution in [0.25, 0.3) is 5.52 Å². The van der Waals surface area contributed by atoms with Crippen molar-refractivity contribution in [2.24, 2.45) is 0 Å². The van der Waals surface area contributed by atoms with Crippen LogP contribution in [0.3, 0.4) is 0 Å². The molecule has 0 bridgehead atoms. The Morgan fingerprint density at radius 1 is 1.35 bits per heavy atom. The highest BCUT2D eigenvalue weighted by molar-refractivity contribution is 5.89. The summed E-state index contributed by atoms with van der Waals surface area (Å²) < 4.78 is 1.78. The van der Waals surface area contributed by atoms with Crippen LogP contribution in [-0.2, 0) is 4.79 Å². The largest absolute Gasteiger partial charge is 0.383 e. The molecule has 0 fully saturated rings. The number of rotatable bonds is 6. The first-order valence-electron chi connectivity index (χ1n) is 7.42. The van der Waals surface area contributed by atoms with Gasteiger partial charge in [-0.2, -0.15) is 5.10 Å². The number of hydrogen-bond acceptors (Lipinski definition) is 4. The summed E-state index contributed by atoms with van der Waals surface area (Å²) in [7, 11) is 3.84. The molecule has 0 amide bonds. The van der Waals surface area contributed by atoms with E-state index in [1.165, 1.54) is 0 Å². The lowest BCUT2D eigenvalue weighted by atomic mass is 9.94.